The number of benzene rings is 1. The number of Topliss-reactive ketones (excluding diaryl/α,β-unsaturated/α-hetero) is 1. The second kappa shape index (κ2) is 4.82. The zero-order valence-corrected chi connectivity index (χ0v) is 13.5. The van der Waals surface area contributed by atoms with Gasteiger partial charge < -0.3 is 5.11 Å². The molecule has 1 N–H and O–H groups in total. The molecule has 22 heavy (non-hydrogen) atoms. The predicted molar refractivity (Wildman–Crippen MR) is 86.3 cm³/mol. The van der Waals surface area contributed by atoms with Gasteiger partial charge in [0, 0.05) is 17.5 Å². The van der Waals surface area contributed by atoms with Crippen molar-refractivity contribution in [2.24, 2.45) is 11.8 Å². The first-order valence-electron chi connectivity index (χ1n) is 8.68. The fourth-order valence-electron chi connectivity index (χ4n) is 4.95. The quantitative estimate of drug-likeness (QED) is 0.930. The SMILES string of the molecule is CC[C@@]12CCN(CC3CC3)[C@@H](C(=O)c3ccc(O)cc31)C2C. The molecule has 2 bridgehead atoms. The third-order valence-electron chi connectivity index (χ3n) is 6.48. The van der Waals surface area contributed by atoms with E-state index in [1.165, 1.54) is 12.8 Å². The summed E-state index contributed by atoms with van der Waals surface area (Å²) in [6.07, 6.45) is 4.79. The van der Waals surface area contributed by atoms with Gasteiger partial charge in [0.1, 0.15) is 5.75 Å². The molecule has 118 valence electrons. The molecule has 1 heterocycles. The fraction of sp³-hybridized carbons (Fsp3) is 0.632. The Kier molecular flexibility index (Phi) is 3.12. The van der Waals surface area contributed by atoms with Gasteiger partial charge in [-0.1, -0.05) is 13.8 Å². The number of ketones is 1. The summed E-state index contributed by atoms with van der Waals surface area (Å²) in [6.45, 7) is 6.58. The van der Waals surface area contributed by atoms with Crippen LogP contribution in [0.5, 0.6) is 5.75 Å². The van der Waals surface area contributed by atoms with E-state index in [-0.39, 0.29) is 23.0 Å². The highest BCUT2D eigenvalue weighted by Crippen LogP contribution is 2.51. The van der Waals surface area contributed by atoms with Gasteiger partial charge in [-0.3, -0.25) is 9.69 Å². The van der Waals surface area contributed by atoms with Crippen LogP contribution in [0.3, 0.4) is 0 Å². The van der Waals surface area contributed by atoms with E-state index in [4.69, 9.17) is 0 Å². The average molecular weight is 299 g/mol. The number of rotatable bonds is 3. The van der Waals surface area contributed by atoms with E-state index < -0.39 is 0 Å². The van der Waals surface area contributed by atoms with Gasteiger partial charge in [0.05, 0.1) is 6.04 Å². The van der Waals surface area contributed by atoms with Crippen LogP contribution in [0.1, 0.15) is 55.5 Å². The summed E-state index contributed by atoms with van der Waals surface area (Å²) in [5.41, 5.74) is 1.99. The minimum atomic E-state index is 0.0337. The molecule has 4 rings (SSSR count). The topological polar surface area (TPSA) is 40.5 Å². The van der Waals surface area contributed by atoms with Crippen LogP contribution in [0.15, 0.2) is 18.2 Å². The lowest BCUT2D eigenvalue weighted by molar-refractivity contribution is 0.0196. The maximum Gasteiger partial charge on any atom is 0.180 e. The van der Waals surface area contributed by atoms with Crippen molar-refractivity contribution in [3.8, 4) is 5.75 Å². The van der Waals surface area contributed by atoms with E-state index in [0.29, 0.717) is 5.92 Å². The molecule has 2 fully saturated rings. The second-order valence-electron chi connectivity index (χ2n) is 7.53. The maximum atomic E-state index is 13.1. The molecule has 1 aliphatic heterocycles. The second-order valence-corrected chi connectivity index (χ2v) is 7.53. The van der Waals surface area contributed by atoms with Crippen LogP contribution in [-0.2, 0) is 5.41 Å². The molecule has 1 saturated heterocycles. The van der Waals surface area contributed by atoms with Gasteiger partial charge in [-0.15, -0.1) is 0 Å². The van der Waals surface area contributed by atoms with E-state index in [1.807, 2.05) is 12.1 Å². The van der Waals surface area contributed by atoms with Gasteiger partial charge in [-0.25, -0.2) is 0 Å². The van der Waals surface area contributed by atoms with E-state index in [1.54, 1.807) is 6.07 Å². The van der Waals surface area contributed by atoms with Crippen LogP contribution < -0.4 is 0 Å². The molecule has 2 aliphatic carbocycles. The summed E-state index contributed by atoms with van der Waals surface area (Å²) in [4.78, 5) is 15.5. The standard InChI is InChI=1S/C19H25NO2/c1-3-19-8-9-20(11-13-4-5-13)17(12(19)2)18(22)15-7-6-14(21)10-16(15)19/h6-7,10,12-13,17,21H,3-5,8-9,11H2,1-2H3/t12?,17-,19+/m1/s1. The molecule has 0 radical (unpaired) electrons. The van der Waals surface area contributed by atoms with Crippen molar-refractivity contribution in [1.29, 1.82) is 0 Å². The molecule has 0 aromatic heterocycles. The van der Waals surface area contributed by atoms with Crippen LogP contribution in [0, 0.1) is 11.8 Å². The number of hydrogen-bond acceptors (Lipinski definition) is 3. The van der Waals surface area contributed by atoms with Gasteiger partial charge in [0.25, 0.3) is 0 Å². The molecule has 3 aliphatic rings. The third-order valence-corrected chi connectivity index (χ3v) is 6.48. The number of phenolic OH excluding ortho intramolecular Hbond substituents is 1. The van der Waals surface area contributed by atoms with Gasteiger partial charge in [0.2, 0.25) is 0 Å². The molecule has 3 heteroatoms. The first-order chi connectivity index (χ1) is 10.6. The van der Waals surface area contributed by atoms with Crippen molar-refractivity contribution in [3.63, 3.8) is 0 Å². The molecule has 1 aromatic carbocycles. The molecule has 1 unspecified atom stereocenters. The third kappa shape index (κ3) is 1.88. The highest BCUT2D eigenvalue weighted by Gasteiger charge is 2.54. The Balaban J connectivity index is 1.81. The number of likely N-dealkylation sites (tertiary alicyclic amines) is 1. The lowest BCUT2D eigenvalue weighted by atomic mass is 9.56. The molecule has 3 atom stereocenters. The van der Waals surface area contributed by atoms with Crippen LogP contribution in [-0.4, -0.2) is 34.9 Å². The summed E-state index contributed by atoms with van der Waals surface area (Å²) in [5, 5.41) is 9.93. The van der Waals surface area contributed by atoms with E-state index in [0.717, 1.165) is 43.0 Å². The van der Waals surface area contributed by atoms with Gasteiger partial charge in [-0.05, 0) is 67.8 Å². The Bertz CT molecular complexity index is 622. The van der Waals surface area contributed by atoms with Crippen molar-refractivity contribution < 1.29 is 9.90 Å². The molecule has 1 saturated carbocycles. The van der Waals surface area contributed by atoms with Crippen molar-refractivity contribution in [3.05, 3.63) is 29.3 Å². The smallest absolute Gasteiger partial charge is 0.180 e. The molecule has 1 aromatic rings. The first kappa shape index (κ1) is 14.3. The van der Waals surface area contributed by atoms with Crippen LogP contribution in [0.2, 0.25) is 0 Å². The zero-order valence-electron chi connectivity index (χ0n) is 13.5. The largest absolute Gasteiger partial charge is 0.508 e. The molecular formula is C19H25NO2. The van der Waals surface area contributed by atoms with Gasteiger partial charge in [-0.2, -0.15) is 0 Å². The van der Waals surface area contributed by atoms with Gasteiger partial charge >= 0.3 is 0 Å². The summed E-state index contributed by atoms with van der Waals surface area (Å²) < 4.78 is 0. The van der Waals surface area contributed by atoms with Crippen LogP contribution in [0.25, 0.3) is 0 Å². The normalized spacial score (nSPS) is 34.5. The number of fused-ring (bicyclic) bond motifs is 4. The molecule has 0 spiro atoms. The molecular weight excluding hydrogens is 274 g/mol. The monoisotopic (exact) mass is 299 g/mol. The summed E-state index contributed by atoms with van der Waals surface area (Å²) >= 11 is 0. The Hall–Kier alpha value is -1.35. The minimum Gasteiger partial charge on any atom is -0.508 e. The van der Waals surface area contributed by atoms with Crippen molar-refractivity contribution in [2.45, 2.75) is 51.0 Å². The Morgan fingerprint density at radius 1 is 1.36 bits per heavy atom. The van der Waals surface area contributed by atoms with Crippen molar-refractivity contribution in [1.82, 2.24) is 4.90 Å². The maximum absolute atomic E-state index is 13.1. The van der Waals surface area contributed by atoms with Gasteiger partial charge in [0.15, 0.2) is 5.78 Å². The number of hydrogen-bond donors (Lipinski definition) is 1. The summed E-state index contributed by atoms with van der Waals surface area (Å²) in [7, 11) is 0. The highest BCUT2D eigenvalue weighted by molar-refractivity contribution is 6.03. The average Bonchev–Trinajstić information content (AvgIpc) is 3.30. The van der Waals surface area contributed by atoms with E-state index in [9.17, 15) is 9.90 Å². The highest BCUT2D eigenvalue weighted by atomic mass is 16.3. The number of carbonyl (C=O) groups is 1. The number of phenols is 1. The number of nitrogens with zero attached hydrogens (tertiary/aromatic N) is 1. The van der Waals surface area contributed by atoms with Crippen molar-refractivity contribution >= 4 is 5.78 Å². The Morgan fingerprint density at radius 2 is 2.14 bits per heavy atom. The fourth-order valence-corrected chi connectivity index (χ4v) is 4.95. The Labute approximate surface area is 132 Å². The van der Waals surface area contributed by atoms with E-state index >= 15 is 0 Å². The lowest BCUT2D eigenvalue weighted by Crippen LogP contribution is -2.61. The number of piperidine rings is 1. The number of aromatic hydroxyl groups is 1. The van der Waals surface area contributed by atoms with E-state index in [2.05, 4.69) is 18.7 Å². The number of carbonyl (C=O) groups excluding carboxylic acids is 1. The first-order valence-corrected chi connectivity index (χ1v) is 8.68. The zero-order chi connectivity index (χ0) is 15.5. The van der Waals surface area contributed by atoms with Crippen molar-refractivity contribution in [2.75, 3.05) is 13.1 Å². The van der Waals surface area contributed by atoms with Crippen LogP contribution in [0.4, 0.5) is 0 Å². The van der Waals surface area contributed by atoms with Crippen LogP contribution >= 0.6 is 0 Å². The lowest BCUT2D eigenvalue weighted by Gasteiger charge is -2.55. The minimum absolute atomic E-state index is 0.0337. The summed E-state index contributed by atoms with van der Waals surface area (Å²) in [5.74, 6) is 1.69. The predicted octanol–water partition coefficient (Wildman–Crippen LogP) is 3.36. The Morgan fingerprint density at radius 3 is 2.82 bits per heavy atom. The summed E-state index contributed by atoms with van der Waals surface area (Å²) in [6, 6.07) is 5.39. The molecule has 0 amide bonds. The molecule has 3 nitrogen and oxygen atoms in total.